The van der Waals surface area contributed by atoms with E-state index in [0.717, 1.165) is 60.5 Å². The molecule has 1 unspecified atom stereocenters. The van der Waals surface area contributed by atoms with E-state index < -0.39 is 6.10 Å². The number of rotatable bonds is 3. The molecule has 2 aromatic heterocycles. The topological polar surface area (TPSA) is 64.6 Å². The summed E-state index contributed by atoms with van der Waals surface area (Å²) in [5.74, 6) is 6.88. The van der Waals surface area contributed by atoms with Gasteiger partial charge < -0.3 is 24.6 Å². The smallest absolute Gasteiger partial charge is 0.142 e. The summed E-state index contributed by atoms with van der Waals surface area (Å²) in [6.45, 7) is 6.83. The second kappa shape index (κ2) is 8.26. The molecule has 6 heteroatoms. The molecule has 160 valence electrons. The fourth-order valence-corrected chi connectivity index (χ4v) is 4.39. The molecule has 31 heavy (non-hydrogen) atoms. The number of nitrogens with zero attached hydrogens (tertiary/aromatic N) is 3. The lowest BCUT2D eigenvalue weighted by Gasteiger charge is -2.34. The number of pyridine rings is 1. The van der Waals surface area contributed by atoms with Crippen LogP contribution in [0.2, 0.25) is 0 Å². The van der Waals surface area contributed by atoms with Crippen LogP contribution in [0.3, 0.4) is 0 Å². The van der Waals surface area contributed by atoms with Crippen LogP contribution in [-0.4, -0.2) is 59.3 Å². The first kappa shape index (κ1) is 19.9. The molecule has 0 radical (unpaired) electrons. The maximum atomic E-state index is 10.00. The van der Waals surface area contributed by atoms with E-state index in [1.165, 1.54) is 16.8 Å². The van der Waals surface area contributed by atoms with Gasteiger partial charge in [0.25, 0.3) is 0 Å². The quantitative estimate of drug-likeness (QED) is 0.641. The second-order valence-corrected chi connectivity index (χ2v) is 8.42. The summed E-state index contributed by atoms with van der Waals surface area (Å²) < 4.78 is 6.26. The molecule has 0 bridgehead atoms. The van der Waals surface area contributed by atoms with Crippen molar-refractivity contribution < 1.29 is 9.84 Å². The van der Waals surface area contributed by atoms with Crippen LogP contribution in [0.25, 0.3) is 22.2 Å². The molecule has 3 aromatic rings. The van der Waals surface area contributed by atoms with Gasteiger partial charge in [-0.3, -0.25) is 0 Å². The first-order valence-corrected chi connectivity index (χ1v) is 11.0. The summed E-state index contributed by atoms with van der Waals surface area (Å²) in [6, 6.07) is 6.66. The highest BCUT2D eigenvalue weighted by atomic mass is 16.5. The fraction of sp³-hybridized carbons (Fsp3) is 0.400. The number of H-pyrrole nitrogens is 1. The molecule has 2 N–H and O–H groups in total. The third kappa shape index (κ3) is 3.76. The molecule has 6 nitrogen and oxygen atoms in total. The Balaban J connectivity index is 1.51. The average molecular weight is 417 g/mol. The van der Waals surface area contributed by atoms with Gasteiger partial charge in [0.05, 0.1) is 10.9 Å². The van der Waals surface area contributed by atoms with Gasteiger partial charge in [-0.25, -0.2) is 4.98 Å². The van der Waals surface area contributed by atoms with Gasteiger partial charge in [0.2, 0.25) is 0 Å². The van der Waals surface area contributed by atoms with Crippen molar-refractivity contribution in [3.63, 3.8) is 0 Å². The Kier molecular flexibility index (Phi) is 5.31. The highest BCUT2D eigenvalue weighted by Crippen LogP contribution is 2.43. The number of piperazine rings is 1. The standard InChI is InChI=1S/C25H28N4O2/c1-3-4-20(30)7-5-17-14-26-25-23(17)24-22(15-27-25)21-8-6-19(13-18(21)16-31-24)29-11-9-28(2)10-12-29/h6,8,13-15,20,30H,3-4,9-12,16H2,1-2H3,(H,26,27). The highest BCUT2D eigenvalue weighted by molar-refractivity contribution is 5.96. The van der Waals surface area contributed by atoms with Crippen LogP contribution in [0, 0.1) is 11.8 Å². The van der Waals surface area contributed by atoms with Crippen molar-refractivity contribution in [1.82, 2.24) is 14.9 Å². The molecule has 1 saturated heterocycles. The number of aliphatic hydroxyl groups is 1. The first-order valence-electron chi connectivity index (χ1n) is 11.0. The zero-order valence-corrected chi connectivity index (χ0v) is 18.1. The molecule has 1 fully saturated rings. The number of hydrogen-bond donors (Lipinski definition) is 2. The number of nitrogens with one attached hydrogen (secondary N) is 1. The van der Waals surface area contributed by atoms with Crippen LogP contribution in [0.15, 0.2) is 30.6 Å². The monoisotopic (exact) mass is 416 g/mol. The Hall–Kier alpha value is -3.01. The molecule has 0 amide bonds. The molecular formula is C25H28N4O2. The van der Waals surface area contributed by atoms with Crippen LogP contribution in [0.4, 0.5) is 5.69 Å². The lowest BCUT2D eigenvalue weighted by molar-refractivity contribution is 0.221. The SMILES string of the molecule is CCCC(O)C#Cc1c[nH]c2ncc3c(c12)OCc1cc(N2CCN(C)CC2)ccc1-3. The van der Waals surface area contributed by atoms with E-state index >= 15 is 0 Å². The van der Waals surface area contributed by atoms with Gasteiger partial charge in [0, 0.05) is 49.8 Å². The van der Waals surface area contributed by atoms with Gasteiger partial charge in [-0.05, 0) is 36.7 Å². The van der Waals surface area contributed by atoms with Gasteiger partial charge in [0.15, 0.2) is 0 Å². The Morgan fingerprint density at radius 1 is 1.23 bits per heavy atom. The van der Waals surface area contributed by atoms with Crippen molar-refractivity contribution in [3.05, 3.63) is 41.7 Å². The van der Waals surface area contributed by atoms with Crippen LogP contribution < -0.4 is 9.64 Å². The van der Waals surface area contributed by atoms with Crippen molar-refractivity contribution in [2.75, 3.05) is 38.1 Å². The fourth-order valence-electron chi connectivity index (χ4n) is 4.39. The Morgan fingerprint density at radius 3 is 2.87 bits per heavy atom. The van der Waals surface area contributed by atoms with Crippen molar-refractivity contribution in [2.24, 2.45) is 0 Å². The average Bonchev–Trinajstić information content (AvgIpc) is 3.21. The lowest BCUT2D eigenvalue weighted by atomic mass is 9.96. The second-order valence-electron chi connectivity index (χ2n) is 8.42. The molecule has 2 aliphatic rings. The Labute approximate surface area is 182 Å². The summed E-state index contributed by atoms with van der Waals surface area (Å²) >= 11 is 0. The minimum atomic E-state index is -0.614. The normalized spacial score (nSPS) is 16.8. The van der Waals surface area contributed by atoms with Crippen molar-refractivity contribution in [1.29, 1.82) is 0 Å². The van der Waals surface area contributed by atoms with E-state index in [1.54, 1.807) is 0 Å². The zero-order valence-electron chi connectivity index (χ0n) is 18.1. The van der Waals surface area contributed by atoms with Crippen LogP contribution in [-0.2, 0) is 6.61 Å². The lowest BCUT2D eigenvalue weighted by Crippen LogP contribution is -2.44. The molecule has 0 saturated carbocycles. The predicted molar refractivity (Wildman–Crippen MR) is 123 cm³/mol. The molecule has 1 aromatic carbocycles. The number of benzene rings is 1. The third-order valence-corrected chi connectivity index (χ3v) is 6.21. The number of fused-ring (bicyclic) bond motifs is 5. The maximum absolute atomic E-state index is 10.00. The van der Waals surface area contributed by atoms with Gasteiger partial charge >= 0.3 is 0 Å². The minimum absolute atomic E-state index is 0.527. The van der Waals surface area contributed by atoms with E-state index in [1.807, 2.05) is 19.3 Å². The van der Waals surface area contributed by atoms with Crippen LogP contribution in [0.1, 0.15) is 30.9 Å². The number of anilines is 1. The summed E-state index contributed by atoms with van der Waals surface area (Å²) in [7, 11) is 2.17. The number of ether oxygens (including phenoxy) is 1. The summed E-state index contributed by atoms with van der Waals surface area (Å²) in [6.07, 6.45) is 4.68. The molecule has 2 aliphatic heterocycles. The van der Waals surface area contributed by atoms with Crippen LogP contribution >= 0.6 is 0 Å². The van der Waals surface area contributed by atoms with Gasteiger partial charge in [0.1, 0.15) is 24.1 Å². The number of aliphatic hydroxyl groups excluding tert-OH is 1. The molecule has 0 aliphatic carbocycles. The van der Waals surface area contributed by atoms with Crippen LogP contribution in [0.5, 0.6) is 5.75 Å². The molecule has 1 atom stereocenters. The van der Waals surface area contributed by atoms with E-state index in [9.17, 15) is 5.11 Å². The molecule has 5 rings (SSSR count). The minimum Gasteiger partial charge on any atom is -0.487 e. The van der Waals surface area contributed by atoms with Crippen molar-refractivity contribution in [3.8, 4) is 28.7 Å². The zero-order chi connectivity index (χ0) is 21.4. The van der Waals surface area contributed by atoms with E-state index in [4.69, 9.17) is 4.74 Å². The maximum Gasteiger partial charge on any atom is 0.142 e. The van der Waals surface area contributed by atoms with Gasteiger partial charge in [-0.2, -0.15) is 0 Å². The van der Waals surface area contributed by atoms with E-state index in [-0.39, 0.29) is 0 Å². The Bertz CT molecular complexity index is 1170. The Morgan fingerprint density at radius 2 is 2.06 bits per heavy atom. The highest BCUT2D eigenvalue weighted by Gasteiger charge is 2.24. The third-order valence-electron chi connectivity index (χ3n) is 6.21. The number of likely N-dealkylation sites (N-methyl/N-ethyl adjacent to an activating group) is 1. The number of aromatic amines is 1. The molecule has 4 heterocycles. The summed E-state index contributed by atoms with van der Waals surface area (Å²) in [4.78, 5) is 12.6. The predicted octanol–water partition coefficient (Wildman–Crippen LogP) is 3.39. The van der Waals surface area contributed by atoms with E-state index in [0.29, 0.717) is 13.0 Å². The first-order chi connectivity index (χ1) is 15.1. The van der Waals surface area contributed by atoms with Gasteiger partial charge in [-0.15, -0.1) is 0 Å². The van der Waals surface area contributed by atoms with Crippen molar-refractivity contribution >= 4 is 16.7 Å². The summed E-state index contributed by atoms with van der Waals surface area (Å²) in [5, 5.41) is 10.9. The largest absolute Gasteiger partial charge is 0.487 e. The summed E-state index contributed by atoms with van der Waals surface area (Å²) in [5.41, 5.74) is 6.17. The van der Waals surface area contributed by atoms with Gasteiger partial charge in [-0.1, -0.05) is 31.3 Å². The number of hydrogen-bond acceptors (Lipinski definition) is 5. The number of aromatic nitrogens is 2. The van der Waals surface area contributed by atoms with E-state index in [2.05, 4.69) is 56.9 Å². The molecular weight excluding hydrogens is 388 g/mol. The molecule has 0 spiro atoms. The van der Waals surface area contributed by atoms with Crippen molar-refractivity contribution in [2.45, 2.75) is 32.5 Å².